The number of urea groups is 1. The van der Waals surface area contributed by atoms with Crippen LogP contribution >= 0.6 is 0 Å². The lowest BCUT2D eigenvalue weighted by Gasteiger charge is -2.37. The zero-order valence-electron chi connectivity index (χ0n) is 22.8. The molecule has 5 N–H and O–H groups in total. The zero-order chi connectivity index (χ0) is 27.9. The molecular formula is C27H36N8O4. The van der Waals surface area contributed by atoms with Gasteiger partial charge in [0.05, 0.1) is 17.8 Å². The Hall–Kier alpha value is -3.90. The summed E-state index contributed by atoms with van der Waals surface area (Å²) in [7, 11) is 3.98. The molecule has 208 valence electrons. The van der Waals surface area contributed by atoms with E-state index in [1.165, 1.54) is 0 Å². The fourth-order valence-corrected chi connectivity index (χ4v) is 5.75. The number of likely N-dealkylation sites (N-methyl/N-ethyl adjacent to an activating group) is 1. The minimum Gasteiger partial charge on any atom is -0.463 e. The number of hydrogen-bond donors (Lipinski definition) is 4. The maximum absolute atomic E-state index is 13.8. The molecule has 12 heteroatoms. The summed E-state index contributed by atoms with van der Waals surface area (Å²) in [6.45, 7) is 5.96. The van der Waals surface area contributed by atoms with Gasteiger partial charge >= 0.3 is 12.1 Å². The minimum absolute atomic E-state index is 0.0585. The van der Waals surface area contributed by atoms with Crippen LogP contribution in [0.15, 0.2) is 30.5 Å². The van der Waals surface area contributed by atoms with Crippen LogP contribution in [0.2, 0.25) is 0 Å². The molecule has 0 unspecified atom stereocenters. The van der Waals surface area contributed by atoms with E-state index in [1.807, 2.05) is 46.1 Å². The molecule has 39 heavy (non-hydrogen) atoms. The molecule has 0 saturated carbocycles. The van der Waals surface area contributed by atoms with Crippen molar-refractivity contribution in [1.29, 1.82) is 0 Å². The van der Waals surface area contributed by atoms with Gasteiger partial charge in [-0.1, -0.05) is 0 Å². The van der Waals surface area contributed by atoms with Gasteiger partial charge in [-0.05, 0) is 76.4 Å². The number of carbonyl (C=O) groups excluding carboxylic acids is 1. The van der Waals surface area contributed by atoms with Crippen LogP contribution in [0.5, 0.6) is 0 Å². The van der Waals surface area contributed by atoms with Crippen molar-refractivity contribution < 1.29 is 19.4 Å². The highest BCUT2D eigenvalue weighted by Gasteiger charge is 2.47. The predicted molar refractivity (Wildman–Crippen MR) is 148 cm³/mol. The summed E-state index contributed by atoms with van der Waals surface area (Å²) in [6.07, 6.45) is 2.20. The number of carbonyl (C=O) groups is 2. The lowest BCUT2D eigenvalue weighted by atomic mass is 9.91. The lowest BCUT2D eigenvalue weighted by Crippen LogP contribution is -2.54. The van der Waals surface area contributed by atoms with Crippen molar-refractivity contribution in [2.45, 2.75) is 44.8 Å². The molecule has 1 atom stereocenters. The van der Waals surface area contributed by atoms with E-state index in [9.17, 15) is 14.7 Å². The first-order valence-corrected chi connectivity index (χ1v) is 13.1. The van der Waals surface area contributed by atoms with Crippen LogP contribution in [-0.2, 0) is 16.8 Å². The average Bonchev–Trinajstić information content (AvgIpc) is 3.39. The summed E-state index contributed by atoms with van der Waals surface area (Å²) < 4.78 is 6.50. The third-order valence-corrected chi connectivity index (χ3v) is 7.71. The van der Waals surface area contributed by atoms with Gasteiger partial charge in [0.1, 0.15) is 5.82 Å². The number of nitrogens with zero attached hydrogens (tertiary/aromatic N) is 5. The summed E-state index contributed by atoms with van der Waals surface area (Å²) >= 11 is 0. The highest BCUT2D eigenvalue weighted by Crippen LogP contribution is 2.43. The Morgan fingerprint density at radius 1 is 1.23 bits per heavy atom. The number of carboxylic acid groups (broad SMARTS) is 1. The van der Waals surface area contributed by atoms with Crippen molar-refractivity contribution in [3.63, 3.8) is 0 Å². The summed E-state index contributed by atoms with van der Waals surface area (Å²) in [6, 6.07) is 7.05. The van der Waals surface area contributed by atoms with Gasteiger partial charge in [0.25, 0.3) is 0 Å². The quantitative estimate of drug-likeness (QED) is 0.348. The lowest BCUT2D eigenvalue weighted by molar-refractivity contribution is 0.0489. The fraction of sp³-hybridized carbons (Fsp3) is 0.481. The van der Waals surface area contributed by atoms with Gasteiger partial charge in [0.15, 0.2) is 5.82 Å². The molecule has 0 aliphatic carbocycles. The molecule has 0 radical (unpaired) electrons. The highest BCUT2D eigenvalue weighted by molar-refractivity contribution is 5.95. The first-order valence-electron chi connectivity index (χ1n) is 13.1. The van der Waals surface area contributed by atoms with Crippen LogP contribution in [0.1, 0.15) is 37.9 Å². The second-order valence-electron chi connectivity index (χ2n) is 11.0. The number of rotatable bonds is 6. The molecule has 12 nitrogen and oxygen atoms in total. The van der Waals surface area contributed by atoms with E-state index in [2.05, 4.69) is 25.6 Å². The maximum atomic E-state index is 13.8. The van der Waals surface area contributed by atoms with Crippen molar-refractivity contribution in [3.05, 3.63) is 41.7 Å². The molecule has 1 saturated heterocycles. The summed E-state index contributed by atoms with van der Waals surface area (Å²) in [4.78, 5) is 34.2. The first-order chi connectivity index (χ1) is 18.6. The van der Waals surface area contributed by atoms with Crippen LogP contribution < -0.4 is 16.4 Å². The van der Waals surface area contributed by atoms with Gasteiger partial charge < -0.3 is 36.0 Å². The smallest absolute Gasteiger partial charge is 0.432 e. The molecule has 2 aliphatic rings. The molecule has 1 fully saturated rings. The number of nitrogen functional groups attached to an aromatic ring is 1. The van der Waals surface area contributed by atoms with Gasteiger partial charge in [0, 0.05) is 48.6 Å². The van der Waals surface area contributed by atoms with Crippen molar-refractivity contribution in [1.82, 2.24) is 29.9 Å². The topological polar surface area (TPSA) is 151 Å². The van der Waals surface area contributed by atoms with Gasteiger partial charge in [-0.25, -0.2) is 14.6 Å². The second kappa shape index (κ2) is 10.3. The fourth-order valence-electron chi connectivity index (χ4n) is 5.75. The summed E-state index contributed by atoms with van der Waals surface area (Å²) in [5, 5.41) is 22.6. The molecule has 1 aromatic carbocycles. The first kappa shape index (κ1) is 26.7. The summed E-state index contributed by atoms with van der Waals surface area (Å²) in [5.41, 5.74) is 6.74. The highest BCUT2D eigenvalue weighted by atomic mass is 16.5. The number of aromatic nitrogens is 3. The Morgan fingerprint density at radius 2 is 1.97 bits per heavy atom. The number of hydrogen-bond acceptors (Lipinski definition) is 8. The van der Waals surface area contributed by atoms with Crippen molar-refractivity contribution >= 4 is 40.2 Å². The largest absolute Gasteiger partial charge is 0.463 e. The number of nitrogens with one attached hydrogen (secondary N) is 2. The third-order valence-electron chi connectivity index (χ3n) is 7.71. The van der Waals surface area contributed by atoms with E-state index in [0.29, 0.717) is 54.3 Å². The molecule has 3 aromatic rings. The minimum atomic E-state index is -1.22. The molecule has 2 aromatic heterocycles. The average molecular weight is 537 g/mol. The summed E-state index contributed by atoms with van der Waals surface area (Å²) in [5.74, 6) is 1.18. The molecule has 5 rings (SSSR count). The molecular weight excluding hydrogens is 500 g/mol. The number of anilines is 3. The maximum Gasteiger partial charge on any atom is 0.432 e. The monoisotopic (exact) mass is 536 g/mol. The van der Waals surface area contributed by atoms with Gasteiger partial charge in [-0.3, -0.25) is 0 Å². The normalized spacial score (nSPS) is 17.8. The Morgan fingerprint density at radius 3 is 2.67 bits per heavy atom. The molecule has 0 spiro atoms. The van der Waals surface area contributed by atoms with E-state index in [4.69, 9.17) is 10.5 Å². The molecule has 2 amide bonds. The number of pyridine rings is 1. The number of amides is 2. The second-order valence-corrected chi connectivity index (χ2v) is 11.0. The van der Waals surface area contributed by atoms with E-state index in [0.717, 1.165) is 28.3 Å². The van der Waals surface area contributed by atoms with E-state index in [1.54, 1.807) is 17.2 Å². The van der Waals surface area contributed by atoms with Gasteiger partial charge in [0.2, 0.25) is 0 Å². The van der Waals surface area contributed by atoms with E-state index < -0.39 is 11.6 Å². The van der Waals surface area contributed by atoms with Crippen LogP contribution in [0.25, 0.3) is 10.8 Å². The zero-order valence-corrected chi connectivity index (χ0v) is 22.8. The van der Waals surface area contributed by atoms with E-state index in [-0.39, 0.29) is 18.6 Å². The van der Waals surface area contributed by atoms with Gasteiger partial charge in [-0.15, -0.1) is 5.10 Å². The van der Waals surface area contributed by atoms with Crippen molar-refractivity contribution in [2.75, 3.05) is 44.9 Å². The number of nitrogens with two attached hydrogens (primary N) is 1. The Balaban J connectivity index is 1.46. The number of benzene rings is 1. The van der Waals surface area contributed by atoms with E-state index >= 15 is 0 Å². The van der Waals surface area contributed by atoms with Crippen molar-refractivity contribution in [2.24, 2.45) is 5.92 Å². The Labute approximate surface area is 227 Å². The van der Waals surface area contributed by atoms with Crippen LogP contribution in [0, 0.1) is 5.92 Å². The molecule has 4 heterocycles. The predicted octanol–water partition coefficient (Wildman–Crippen LogP) is 3.40. The third kappa shape index (κ3) is 5.09. The number of ether oxygens (including phenoxy) is 1. The van der Waals surface area contributed by atoms with Crippen LogP contribution in [0.4, 0.5) is 26.9 Å². The Kier molecular flexibility index (Phi) is 7.08. The van der Waals surface area contributed by atoms with Crippen LogP contribution in [0.3, 0.4) is 0 Å². The Bertz CT molecular complexity index is 1400. The molecule has 0 bridgehead atoms. The SMILES string of the molecule is CN(C)C[C@@H](NC(=O)N1Cc2c(Nc3nccc4cc(N)ccc34)nn(C(=O)O)c2C1(C)C)C1CCOCC1. The molecule has 2 aliphatic heterocycles. The number of fused-ring (bicyclic) bond motifs is 2. The standard InChI is InChI=1S/C27H36N8O4/c1-27(2)22-20(14-34(27)25(36)30-21(15-33(3)4)16-8-11-39-12-9-16)24(32-35(22)26(37)38)31-23-19-6-5-18(28)13-17(19)7-10-29-23/h5-7,10,13,16,21H,8-9,11-12,14-15,28H2,1-4H3,(H,30,36)(H,37,38)(H,29,31,32)/t21-/m1/s1. The van der Waals surface area contributed by atoms with Crippen molar-refractivity contribution in [3.8, 4) is 0 Å². The van der Waals surface area contributed by atoms with Crippen LogP contribution in [-0.4, -0.2) is 81.7 Å². The van der Waals surface area contributed by atoms with Gasteiger partial charge in [-0.2, -0.15) is 4.68 Å².